The normalized spacial score (nSPS) is 19.7. The predicted molar refractivity (Wildman–Crippen MR) is 156 cm³/mol. The largest absolute Gasteiger partial charge is 0.497 e. The van der Waals surface area contributed by atoms with Crippen LogP contribution in [0.15, 0.2) is 48.5 Å². The van der Waals surface area contributed by atoms with E-state index in [1.807, 2.05) is 65.3 Å². The summed E-state index contributed by atoms with van der Waals surface area (Å²) < 4.78 is 5.42. The Labute approximate surface area is 238 Å². The molecule has 2 heterocycles. The van der Waals surface area contributed by atoms with Gasteiger partial charge < -0.3 is 24.8 Å². The van der Waals surface area contributed by atoms with E-state index < -0.39 is 6.04 Å². The minimum absolute atomic E-state index is 0.0233. The number of ether oxygens (including phenoxy) is 1. The molecule has 40 heavy (non-hydrogen) atoms. The quantitative estimate of drug-likeness (QED) is 0.568. The van der Waals surface area contributed by atoms with Gasteiger partial charge in [0.2, 0.25) is 11.8 Å². The molecule has 0 radical (unpaired) electrons. The molecule has 0 aromatic heterocycles. The van der Waals surface area contributed by atoms with Gasteiger partial charge in [-0.3, -0.25) is 14.4 Å². The SMILES string of the molecule is COc1cccc(CN(C(=O)CC(C)(C)C)C2CC(C(=O)N3CCCNCC3)N(C(=O)c3ccc(C)cc3)C2)c1. The number of hydrogen-bond acceptors (Lipinski definition) is 5. The molecule has 2 atom stereocenters. The fourth-order valence-electron chi connectivity index (χ4n) is 5.58. The third-order valence-electron chi connectivity index (χ3n) is 7.70. The number of amides is 3. The molecule has 2 saturated heterocycles. The maximum atomic E-state index is 13.9. The Balaban J connectivity index is 1.66. The van der Waals surface area contributed by atoms with Crippen molar-refractivity contribution in [3.8, 4) is 5.75 Å². The summed E-state index contributed by atoms with van der Waals surface area (Å²) in [4.78, 5) is 47.1. The fraction of sp³-hybridized carbons (Fsp3) is 0.531. The Morgan fingerprint density at radius 2 is 1.80 bits per heavy atom. The van der Waals surface area contributed by atoms with Gasteiger partial charge in [0.15, 0.2) is 0 Å². The Morgan fingerprint density at radius 3 is 2.50 bits per heavy atom. The van der Waals surface area contributed by atoms with Gasteiger partial charge in [-0.1, -0.05) is 50.6 Å². The second-order valence-electron chi connectivity index (χ2n) is 12.3. The van der Waals surface area contributed by atoms with Crippen molar-refractivity contribution in [1.29, 1.82) is 0 Å². The first kappa shape index (κ1) is 29.6. The minimum atomic E-state index is -0.618. The lowest BCUT2D eigenvalue weighted by Gasteiger charge is -2.32. The van der Waals surface area contributed by atoms with Crippen molar-refractivity contribution >= 4 is 17.7 Å². The van der Waals surface area contributed by atoms with Crippen molar-refractivity contribution in [2.45, 2.75) is 65.6 Å². The number of nitrogens with zero attached hydrogens (tertiary/aromatic N) is 3. The number of aryl methyl sites for hydroxylation is 1. The average Bonchev–Trinajstić information content (AvgIpc) is 3.17. The Kier molecular flexibility index (Phi) is 9.51. The molecule has 216 valence electrons. The van der Waals surface area contributed by atoms with Crippen molar-refractivity contribution < 1.29 is 19.1 Å². The monoisotopic (exact) mass is 548 g/mol. The molecule has 8 heteroatoms. The van der Waals surface area contributed by atoms with E-state index in [4.69, 9.17) is 4.74 Å². The zero-order chi connectivity index (χ0) is 28.9. The Morgan fingerprint density at radius 1 is 1.05 bits per heavy atom. The molecular formula is C32H44N4O4. The van der Waals surface area contributed by atoms with Crippen molar-refractivity contribution in [1.82, 2.24) is 20.0 Å². The molecule has 3 amide bonds. The summed E-state index contributed by atoms with van der Waals surface area (Å²) in [5, 5.41) is 3.35. The van der Waals surface area contributed by atoms with Gasteiger partial charge in [-0.2, -0.15) is 0 Å². The second kappa shape index (κ2) is 12.9. The van der Waals surface area contributed by atoms with Gasteiger partial charge in [-0.05, 0) is 61.6 Å². The summed E-state index contributed by atoms with van der Waals surface area (Å²) in [5.41, 5.74) is 2.37. The molecule has 0 bridgehead atoms. The topological polar surface area (TPSA) is 82.2 Å². The molecule has 0 saturated carbocycles. The van der Waals surface area contributed by atoms with Crippen LogP contribution in [0.5, 0.6) is 5.75 Å². The lowest BCUT2D eigenvalue weighted by atomic mass is 9.91. The van der Waals surface area contributed by atoms with Crippen LogP contribution < -0.4 is 10.1 Å². The highest BCUT2D eigenvalue weighted by molar-refractivity contribution is 5.98. The molecule has 8 nitrogen and oxygen atoms in total. The van der Waals surface area contributed by atoms with Crippen molar-refractivity contribution in [3.63, 3.8) is 0 Å². The highest BCUT2D eigenvalue weighted by Gasteiger charge is 2.45. The van der Waals surface area contributed by atoms with Gasteiger partial charge in [0, 0.05) is 44.7 Å². The van der Waals surface area contributed by atoms with E-state index in [0.29, 0.717) is 44.6 Å². The van der Waals surface area contributed by atoms with Crippen LogP contribution in [0.25, 0.3) is 0 Å². The van der Waals surface area contributed by atoms with Crippen molar-refractivity contribution in [3.05, 3.63) is 65.2 Å². The molecule has 2 aliphatic heterocycles. The number of carbonyl (C=O) groups excluding carboxylic acids is 3. The number of nitrogens with one attached hydrogen (secondary N) is 1. The highest BCUT2D eigenvalue weighted by Crippen LogP contribution is 2.30. The number of carbonyl (C=O) groups is 3. The van der Waals surface area contributed by atoms with Crippen molar-refractivity contribution in [2.75, 3.05) is 39.8 Å². The molecule has 0 spiro atoms. The van der Waals surface area contributed by atoms with Crippen LogP contribution in [-0.2, 0) is 16.1 Å². The molecule has 2 fully saturated rings. The summed E-state index contributed by atoms with van der Waals surface area (Å²) in [6.07, 6.45) is 1.66. The van der Waals surface area contributed by atoms with E-state index in [1.165, 1.54) is 0 Å². The summed E-state index contributed by atoms with van der Waals surface area (Å²) >= 11 is 0. The molecule has 0 aliphatic carbocycles. The summed E-state index contributed by atoms with van der Waals surface area (Å²) in [5.74, 6) is 0.552. The van der Waals surface area contributed by atoms with Gasteiger partial charge in [-0.25, -0.2) is 0 Å². The van der Waals surface area contributed by atoms with E-state index >= 15 is 0 Å². The smallest absolute Gasteiger partial charge is 0.254 e. The minimum Gasteiger partial charge on any atom is -0.497 e. The van der Waals surface area contributed by atoms with Gasteiger partial charge in [-0.15, -0.1) is 0 Å². The van der Waals surface area contributed by atoms with E-state index in [9.17, 15) is 14.4 Å². The Hall–Kier alpha value is -3.39. The van der Waals surface area contributed by atoms with Gasteiger partial charge in [0.05, 0.1) is 13.2 Å². The van der Waals surface area contributed by atoms with Crippen LogP contribution in [0.2, 0.25) is 0 Å². The third-order valence-corrected chi connectivity index (χ3v) is 7.70. The van der Waals surface area contributed by atoms with E-state index in [-0.39, 0.29) is 29.2 Å². The maximum absolute atomic E-state index is 13.9. The zero-order valence-electron chi connectivity index (χ0n) is 24.6. The maximum Gasteiger partial charge on any atom is 0.254 e. The average molecular weight is 549 g/mol. The second-order valence-corrected chi connectivity index (χ2v) is 12.3. The van der Waals surface area contributed by atoms with Gasteiger partial charge in [0.1, 0.15) is 11.8 Å². The molecule has 1 N–H and O–H groups in total. The summed E-state index contributed by atoms with van der Waals surface area (Å²) in [6.45, 7) is 11.7. The third kappa shape index (κ3) is 7.42. The zero-order valence-corrected chi connectivity index (χ0v) is 24.6. The van der Waals surface area contributed by atoms with Crippen LogP contribution >= 0.6 is 0 Å². The lowest BCUT2D eigenvalue weighted by Crippen LogP contribution is -2.48. The number of hydrogen-bond donors (Lipinski definition) is 1. The first-order valence-corrected chi connectivity index (χ1v) is 14.4. The molecular weight excluding hydrogens is 504 g/mol. The summed E-state index contributed by atoms with van der Waals surface area (Å²) in [6, 6.07) is 14.3. The van der Waals surface area contributed by atoms with Gasteiger partial charge >= 0.3 is 0 Å². The van der Waals surface area contributed by atoms with Crippen LogP contribution in [0.3, 0.4) is 0 Å². The van der Waals surface area contributed by atoms with Crippen molar-refractivity contribution in [2.24, 2.45) is 5.41 Å². The standard InChI is InChI=1S/C32H44N4O4/c1-23-10-12-25(13-11-23)30(38)36-22-26(19-28(36)31(39)34-16-7-14-33-15-17-34)35(29(37)20-32(2,3)4)21-24-8-6-9-27(18-24)40-5/h6,8-13,18,26,28,33H,7,14-17,19-22H2,1-5H3. The van der Waals surface area contributed by atoms with Gasteiger partial charge in [0.25, 0.3) is 5.91 Å². The lowest BCUT2D eigenvalue weighted by molar-refractivity contribution is -0.137. The fourth-order valence-corrected chi connectivity index (χ4v) is 5.58. The highest BCUT2D eigenvalue weighted by atomic mass is 16.5. The van der Waals surface area contributed by atoms with Crippen LogP contribution in [0.1, 0.15) is 61.5 Å². The summed E-state index contributed by atoms with van der Waals surface area (Å²) in [7, 11) is 1.63. The molecule has 2 unspecified atom stereocenters. The van der Waals surface area contributed by atoms with Crippen LogP contribution in [-0.4, -0.2) is 84.3 Å². The Bertz CT molecular complexity index is 1180. The number of rotatable bonds is 7. The first-order valence-electron chi connectivity index (χ1n) is 14.4. The number of methoxy groups -OCH3 is 1. The van der Waals surface area contributed by atoms with Crippen LogP contribution in [0.4, 0.5) is 0 Å². The number of likely N-dealkylation sites (tertiary alicyclic amines) is 1. The van der Waals surface area contributed by atoms with E-state index in [1.54, 1.807) is 12.0 Å². The predicted octanol–water partition coefficient (Wildman–Crippen LogP) is 3.87. The van der Waals surface area contributed by atoms with E-state index in [0.717, 1.165) is 36.4 Å². The van der Waals surface area contributed by atoms with Crippen LogP contribution in [0, 0.1) is 12.3 Å². The number of benzene rings is 2. The molecule has 4 rings (SSSR count). The van der Waals surface area contributed by atoms with E-state index in [2.05, 4.69) is 26.1 Å². The molecule has 2 aromatic carbocycles. The first-order chi connectivity index (χ1) is 19.1. The molecule has 2 aliphatic rings. The molecule has 2 aromatic rings.